The summed E-state index contributed by atoms with van der Waals surface area (Å²) in [6, 6.07) is 7.35. The average Bonchev–Trinajstić information content (AvgIpc) is 2.38. The van der Waals surface area contributed by atoms with Gasteiger partial charge in [0.15, 0.2) is 6.07 Å². The van der Waals surface area contributed by atoms with Crippen molar-refractivity contribution < 1.29 is 9.59 Å². The van der Waals surface area contributed by atoms with Crippen molar-refractivity contribution in [1.82, 2.24) is 5.32 Å². The molecule has 1 heterocycles. The molecule has 0 unspecified atom stereocenters. The number of nitriles is 1. The maximum atomic E-state index is 11.2. The number of hydrogen-bond donors (Lipinski definition) is 2. The smallest absolute Gasteiger partial charge is 0.322 e. The molecule has 18 heavy (non-hydrogen) atoms. The van der Waals surface area contributed by atoms with Crippen LogP contribution in [0.1, 0.15) is 17.5 Å². The van der Waals surface area contributed by atoms with Crippen LogP contribution < -0.4 is 10.6 Å². The van der Waals surface area contributed by atoms with E-state index in [1.807, 2.05) is 18.2 Å². The molecule has 1 aromatic rings. The third kappa shape index (κ3) is 2.86. The largest absolute Gasteiger partial charge is 0.343 e. The lowest BCUT2D eigenvalue weighted by molar-refractivity contribution is -0.117. The van der Waals surface area contributed by atoms with Gasteiger partial charge in [0, 0.05) is 18.7 Å². The van der Waals surface area contributed by atoms with Crippen molar-refractivity contribution in [3.05, 3.63) is 29.3 Å². The van der Waals surface area contributed by atoms with Gasteiger partial charge in [-0.25, -0.2) is 0 Å². The fraction of sp³-hybridized carbons (Fsp3) is 0.308. The molecule has 2 amide bonds. The van der Waals surface area contributed by atoms with Crippen LogP contribution in [0.5, 0.6) is 0 Å². The van der Waals surface area contributed by atoms with E-state index in [4.69, 9.17) is 5.26 Å². The van der Waals surface area contributed by atoms with Gasteiger partial charge in [-0.3, -0.25) is 9.59 Å². The van der Waals surface area contributed by atoms with E-state index in [2.05, 4.69) is 10.6 Å². The molecule has 1 aliphatic heterocycles. The van der Waals surface area contributed by atoms with Gasteiger partial charge in [-0.15, -0.1) is 0 Å². The molecule has 0 saturated carbocycles. The lowest BCUT2D eigenvalue weighted by atomic mass is 9.99. The maximum absolute atomic E-state index is 11.2. The summed E-state index contributed by atoms with van der Waals surface area (Å²) in [6.45, 7) is 0.442. The molecule has 0 bridgehead atoms. The summed E-state index contributed by atoms with van der Waals surface area (Å²) >= 11 is 0. The molecular weight excluding hydrogens is 230 g/mol. The molecule has 0 saturated heterocycles. The van der Waals surface area contributed by atoms with Crippen LogP contribution in [0.2, 0.25) is 0 Å². The van der Waals surface area contributed by atoms with E-state index in [0.29, 0.717) is 19.4 Å². The molecule has 0 atom stereocenters. The van der Waals surface area contributed by atoms with Crippen LogP contribution in [0, 0.1) is 11.3 Å². The molecule has 0 aromatic heterocycles. The second-order valence-electron chi connectivity index (χ2n) is 4.16. The number of benzene rings is 1. The lowest BCUT2D eigenvalue weighted by Crippen LogP contribution is -2.24. The fourth-order valence-electron chi connectivity index (χ4n) is 1.95. The van der Waals surface area contributed by atoms with Gasteiger partial charge in [0.1, 0.15) is 0 Å². The molecule has 0 radical (unpaired) electrons. The zero-order chi connectivity index (χ0) is 13.0. The van der Waals surface area contributed by atoms with E-state index in [-0.39, 0.29) is 5.91 Å². The molecule has 0 aliphatic carbocycles. The minimum atomic E-state index is -0.611. The molecule has 1 aromatic carbocycles. The van der Waals surface area contributed by atoms with Crippen LogP contribution >= 0.6 is 0 Å². The van der Waals surface area contributed by atoms with Crippen molar-refractivity contribution >= 4 is 17.5 Å². The second kappa shape index (κ2) is 5.32. The summed E-state index contributed by atoms with van der Waals surface area (Å²) in [4.78, 5) is 22.0. The van der Waals surface area contributed by atoms with Crippen LogP contribution in [0.3, 0.4) is 0 Å². The molecule has 5 nitrogen and oxygen atoms in total. The van der Waals surface area contributed by atoms with Crippen molar-refractivity contribution in [1.29, 1.82) is 5.26 Å². The van der Waals surface area contributed by atoms with E-state index in [9.17, 15) is 9.59 Å². The summed E-state index contributed by atoms with van der Waals surface area (Å²) in [5.74, 6) is -0.559. The summed E-state index contributed by atoms with van der Waals surface area (Å²) < 4.78 is 0. The number of nitrogens with one attached hydrogen (secondary N) is 2. The summed E-state index contributed by atoms with van der Waals surface area (Å²) in [5, 5.41) is 13.6. The first-order chi connectivity index (χ1) is 8.69. The minimum absolute atomic E-state index is 0.0523. The second-order valence-corrected chi connectivity index (χ2v) is 4.16. The number of rotatable bonds is 3. The average molecular weight is 243 g/mol. The molecule has 0 fully saturated rings. The molecule has 92 valence electrons. The zero-order valence-corrected chi connectivity index (χ0v) is 9.82. The highest BCUT2D eigenvalue weighted by molar-refractivity contribution is 5.94. The van der Waals surface area contributed by atoms with Crippen LogP contribution in [0.4, 0.5) is 5.69 Å². The highest BCUT2D eigenvalue weighted by atomic mass is 16.2. The van der Waals surface area contributed by atoms with Gasteiger partial charge in [-0.2, -0.15) is 5.26 Å². The summed E-state index contributed by atoms with van der Waals surface area (Å²) in [6.07, 6.45) is 1.94. The van der Waals surface area contributed by atoms with Gasteiger partial charge >= 0.3 is 5.91 Å². The molecule has 5 heteroatoms. The van der Waals surface area contributed by atoms with Crippen molar-refractivity contribution in [2.45, 2.75) is 19.3 Å². The highest BCUT2D eigenvalue weighted by Crippen LogP contribution is 2.23. The number of carbonyl (C=O) groups is 2. The Morgan fingerprint density at radius 2 is 2.28 bits per heavy atom. The molecule has 2 N–H and O–H groups in total. The van der Waals surface area contributed by atoms with Gasteiger partial charge in [0.2, 0.25) is 5.91 Å². The van der Waals surface area contributed by atoms with Crippen LogP contribution in [0.25, 0.3) is 0 Å². The predicted molar refractivity (Wildman–Crippen MR) is 65.7 cm³/mol. The Labute approximate surface area is 105 Å². The molecular formula is C13H13N3O2. The Bertz CT molecular complexity index is 532. The van der Waals surface area contributed by atoms with Crippen LogP contribution in [-0.2, 0) is 22.4 Å². The predicted octanol–water partition coefficient (Wildman–Crippen LogP) is 0.754. The first-order valence-corrected chi connectivity index (χ1v) is 5.78. The Morgan fingerprint density at radius 3 is 3.06 bits per heavy atom. The normalized spacial score (nSPS) is 13.2. The van der Waals surface area contributed by atoms with Crippen molar-refractivity contribution in [3.63, 3.8) is 0 Å². The summed E-state index contributed by atoms with van der Waals surface area (Å²) in [7, 11) is 0. The summed E-state index contributed by atoms with van der Waals surface area (Å²) in [5.41, 5.74) is 3.08. The molecule has 2 rings (SSSR count). The number of aryl methyl sites for hydroxylation is 1. The van der Waals surface area contributed by atoms with Gasteiger partial charge < -0.3 is 10.6 Å². The molecule has 1 aliphatic rings. The number of anilines is 1. The number of fused-ring (bicyclic) bond motifs is 1. The van der Waals surface area contributed by atoms with E-state index < -0.39 is 5.91 Å². The lowest BCUT2D eigenvalue weighted by Gasteiger charge is -2.17. The standard InChI is InChI=1S/C13H13N3O2/c14-8-13(18)15-6-5-9-1-3-11-10(7-9)2-4-12(17)16-11/h1,3,7H,2,4-6H2,(H,15,18)(H,16,17). The topological polar surface area (TPSA) is 82.0 Å². The van der Waals surface area contributed by atoms with Crippen molar-refractivity contribution in [3.8, 4) is 6.07 Å². The Morgan fingerprint density at radius 1 is 1.44 bits per heavy atom. The van der Waals surface area contributed by atoms with E-state index in [1.54, 1.807) is 0 Å². The van der Waals surface area contributed by atoms with Crippen LogP contribution in [-0.4, -0.2) is 18.4 Å². The first kappa shape index (κ1) is 12.1. The SMILES string of the molecule is N#CC(=O)NCCc1ccc2c(c1)CCC(=O)N2. The van der Waals surface area contributed by atoms with Crippen molar-refractivity contribution in [2.75, 3.05) is 11.9 Å². The van der Waals surface area contributed by atoms with Gasteiger partial charge in [0.25, 0.3) is 0 Å². The van der Waals surface area contributed by atoms with E-state index in [1.165, 1.54) is 6.07 Å². The third-order valence-corrected chi connectivity index (χ3v) is 2.87. The zero-order valence-electron chi connectivity index (χ0n) is 9.82. The third-order valence-electron chi connectivity index (χ3n) is 2.87. The number of amides is 2. The van der Waals surface area contributed by atoms with Gasteiger partial charge in [0.05, 0.1) is 0 Å². The molecule has 0 spiro atoms. The Hall–Kier alpha value is -2.35. The van der Waals surface area contributed by atoms with E-state index in [0.717, 1.165) is 23.2 Å². The van der Waals surface area contributed by atoms with Gasteiger partial charge in [-0.1, -0.05) is 12.1 Å². The highest BCUT2D eigenvalue weighted by Gasteiger charge is 2.14. The number of carbonyl (C=O) groups excluding carboxylic acids is 2. The number of nitrogens with zero attached hydrogens (tertiary/aromatic N) is 1. The minimum Gasteiger partial charge on any atom is -0.343 e. The van der Waals surface area contributed by atoms with Crippen molar-refractivity contribution in [2.24, 2.45) is 0 Å². The fourth-order valence-corrected chi connectivity index (χ4v) is 1.95. The quantitative estimate of drug-likeness (QED) is 0.769. The van der Waals surface area contributed by atoms with E-state index >= 15 is 0 Å². The monoisotopic (exact) mass is 243 g/mol. The van der Waals surface area contributed by atoms with Crippen LogP contribution in [0.15, 0.2) is 18.2 Å². The Balaban J connectivity index is 1.97. The Kier molecular flexibility index (Phi) is 3.58. The van der Waals surface area contributed by atoms with Gasteiger partial charge in [-0.05, 0) is 30.0 Å². The maximum Gasteiger partial charge on any atom is 0.322 e. The first-order valence-electron chi connectivity index (χ1n) is 5.78. The number of hydrogen-bond acceptors (Lipinski definition) is 3.